The van der Waals surface area contributed by atoms with Gasteiger partial charge in [0.2, 0.25) is 5.91 Å². The molecule has 7 heteroatoms. The zero-order valence-corrected chi connectivity index (χ0v) is 16.5. The van der Waals surface area contributed by atoms with Gasteiger partial charge in [0.25, 0.3) is 0 Å². The van der Waals surface area contributed by atoms with Crippen molar-refractivity contribution in [2.45, 2.75) is 20.3 Å². The number of hydrogen-bond acceptors (Lipinski definition) is 5. The van der Waals surface area contributed by atoms with Crippen molar-refractivity contribution in [3.63, 3.8) is 0 Å². The Morgan fingerprint density at radius 3 is 2.73 bits per heavy atom. The van der Waals surface area contributed by atoms with Gasteiger partial charge >= 0.3 is 0 Å². The smallest absolute Gasteiger partial charge is 0.226 e. The third-order valence-corrected chi connectivity index (χ3v) is 5.68. The third kappa shape index (κ3) is 5.19. The van der Waals surface area contributed by atoms with Gasteiger partial charge < -0.3 is 5.32 Å². The van der Waals surface area contributed by atoms with Crippen LogP contribution in [0.4, 0.5) is 5.69 Å². The lowest BCUT2D eigenvalue weighted by Gasteiger charge is -2.15. The zero-order chi connectivity index (χ0) is 18.4. The predicted molar refractivity (Wildman–Crippen MR) is 112 cm³/mol. The van der Waals surface area contributed by atoms with Crippen molar-refractivity contribution in [1.82, 2.24) is 5.43 Å². The number of rotatable bonds is 6. The SMILES string of the molecule is CC(C)C(=O)Nc1ccc(C2=NNC(=NCCc3cccs3)SC2)cc1. The van der Waals surface area contributed by atoms with E-state index in [0.717, 1.165) is 40.8 Å². The molecule has 3 rings (SSSR count). The van der Waals surface area contributed by atoms with Crippen LogP contribution in [0.25, 0.3) is 0 Å². The highest BCUT2D eigenvalue weighted by atomic mass is 32.2. The lowest BCUT2D eigenvalue weighted by molar-refractivity contribution is -0.118. The van der Waals surface area contributed by atoms with Crippen LogP contribution in [0.2, 0.25) is 0 Å². The molecule has 1 aliphatic rings. The lowest BCUT2D eigenvalue weighted by Crippen LogP contribution is -2.25. The Morgan fingerprint density at radius 2 is 2.12 bits per heavy atom. The van der Waals surface area contributed by atoms with Crippen LogP contribution in [0.1, 0.15) is 24.3 Å². The van der Waals surface area contributed by atoms with E-state index in [2.05, 4.69) is 38.3 Å². The fraction of sp³-hybridized carbons (Fsp3) is 0.316. The molecule has 0 spiro atoms. The summed E-state index contributed by atoms with van der Waals surface area (Å²) in [5.41, 5.74) is 5.88. The Kier molecular flexibility index (Phi) is 6.46. The Morgan fingerprint density at radius 1 is 1.31 bits per heavy atom. The summed E-state index contributed by atoms with van der Waals surface area (Å²) in [7, 11) is 0. The maximum atomic E-state index is 11.7. The lowest BCUT2D eigenvalue weighted by atomic mass is 10.1. The molecule has 0 bridgehead atoms. The van der Waals surface area contributed by atoms with Crippen LogP contribution in [-0.4, -0.2) is 29.1 Å². The highest BCUT2D eigenvalue weighted by molar-refractivity contribution is 8.14. The van der Waals surface area contributed by atoms with E-state index in [1.54, 1.807) is 23.1 Å². The molecule has 1 aromatic heterocycles. The topological polar surface area (TPSA) is 65.8 Å². The molecule has 0 fully saturated rings. The Balaban J connectivity index is 1.54. The van der Waals surface area contributed by atoms with E-state index < -0.39 is 0 Å². The van der Waals surface area contributed by atoms with Crippen molar-refractivity contribution in [1.29, 1.82) is 0 Å². The molecule has 26 heavy (non-hydrogen) atoms. The molecule has 0 saturated heterocycles. The maximum Gasteiger partial charge on any atom is 0.226 e. The summed E-state index contributed by atoms with van der Waals surface area (Å²) < 4.78 is 0. The van der Waals surface area contributed by atoms with Gasteiger partial charge in [-0.2, -0.15) is 5.10 Å². The molecule has 5 nitrogen and oxygen atoms in total. The number of anilines is 1. The Labute approximate surface area is 162 Å². The number of carbonyl (C=O) groups excluding carboxylic acids is 1. The van der Waals surface area contributed by atoms with Crippen LogP contribution in [0.15, 0.2) is 51.9 Å². The molecule has 1 amide bonds. The van der Waals surface area contributed by atoms with E-state index in [1.807, 2.05) is 38.1 Å². The summed E-state index contributed by atoms with van der Waals surface area (Å²) >= 11 is 3.43. The van der Waals surface area contributed by atoms with Gasteiger partial charge in [-0.15, -0.1) is 11.3 Å². The van der Waals surface area contributed by atoms with Gasteiger partial charge in [0, 0.05) is 35.2 Å². The fourth-order valence-corrected chi connectivity index (χ4v) is 3.80. The number of hydrazone groups is 1. The average Bonchev–Trinajstić information content (AvgIpc) is 3.16. The number of nitrogens with zero attached hydrogens (tertiary/aromatic N) is 2. The molecule has 0 atom stereocenters. The van der Waals surface area contributed by atoms with Crippen LogP contribution in [-0.2, 0) is 11.2 Å². The Bertz CT molecular complexity index is 795. The third-order valence-electron chi connectivity index (χ3n) is 3.84. The number of nitrogens with one attached hydrogen (secondary N) is 2. The van der Waals surface area contributed by atoms with Gasteiger partial charge in [-0.25, -0.2) is 0 Å². The normalized spacial score (nSPS) is 15.7. The van der Waals surface area contributed by atoms with Crippen molar-refractivity contribution in [2.75, 3.05) is 17.6 Å². The molecule has 1 aromatic carbocycles. The van der Waals surface area contributed by atoms with E-state index in [1.165, 1.54) is 4.88 Å². The van der Waals surface area contributed by atoms with E-state index >= 15 is 0 Å². The predicted octanol–water partition coefficient (Wildman–Crippen LogP) is 3.98. The standard InChI is InChI=1S/C19H22N4OS2/c1-13(2)18(24)21-15-7-5-14(6-8-15)17-12-26-19(23-22-17)20-10-9-16-4-3-11-25-16/h3-8,11,13H,9-10,12H2,1-2H3,(H,20,23)(H,21,24). The van der Waals surface area contributed by atoms with Crippen molar-refractivity contribution in [2.24, 2.45) is 16.0 Å². The van der Waals surface area contributed by atoms with Crippen molar-refractivity contribution in [3.05, 3.63) is 52.2 Å². The van der Waals surface area contributed by atoms with Gasteiger partial charge in [-0.3, -0.25) is 15.2 Å². The molecule has 0 radical (unpaired) electrons. The maximum absolute atomic E-state index is 11.7. The first-order chi connectivity index (χ1) is 12.6. The first kappa shape index (κ1) is 18.7. The quantitative estimate of drug-likeness (QED) is 0.789. The first-order valence-electron chi connectivity index (χ1n) is 8.55. The minimum Gasteiger partial charge on any atom is -0.326 e. The molecule has 136 valence electrons. The summed E-state index contributed by atoms with van der Waals surface area (Å²) in [6.07, 6.45) is 0.962. The molecular weight excluding hydrogens is 364 g/mol. The van der Waals surface area contributed by atoms with E-state index in [0.29, 0.717) is 0 Å². The second-order valence-electron chi connectivity index (χ2n) is 6.20. The van der Waals surface area contributed by atoms with Crippen LogP contribution in [0.3, 0.4) is 0 Å². The second-order valence-corrected chi connectivity index (χ2v) is 8.19. The van der Waals surface area contributed by atoms with Crippen LogP contribution in [0, 0.1) is 5.92 Å². The van der Waals surface area contributed by atoms with Crippen molar-refractivity contribution < 1.29 is 4.79 Å². The largest absolute Gasteiger partial charge is 0.326 e. The number of amidine groups is 1. The van der Waals surface area contributed by atoms with Gasteiger partial charge in [-0.1, -0.05) is 43.8 Å². The van der Waals surface area contributed by atoms with Gasteiger partial charge in [0.1, 0.15) is 0 Å². The zero-order valence-electron chi connectivity index (χ0n) is 14.9. The molecular formula is C19H22N4OS2. The molecule has 2 aromatic rings. The number of amides is 1. The number of benzene rings is 1. The first-order valence-corrected chi connectivity index (χ1v) is 10.4. The van der Waals surface area contributed by atoms with E-state index in [4.69, 9.17) is 0 Å². The molecule has 1 aliphatic heterocycles. The van der Waals surface area contributed by atoms with Crippen molar-refractivity contribution >= 4 is 45.6 Å². The van der Waals surface area contributed by atoms with Crippen LogP contribution >= 0.6 is 23.1 Å². The number of aliphatic imine (C=N–C) groups is 1. The van der Waals surface area contributed by atoms with Crippen LogP contribution in [0.5, 0.6) is 0 Å². The van der Waals surface area contributed by atoms with Crippen molar-refractivity contribution in [3.8, 4) is 0 Å². The summed E-state index contributed by atoms with van der Waals surface area (Å²) in [5, 5.41) is 10.3. The number of thiophene rings is 1. The average molecular weight is 387 g/mol. The fourth-order valence-electron chi connectivity index (χ4n) is 2.30. The summed E-state index contributed by atoms with van der Waals surface area (Å²) in [4.78, 5) is 17.7. The van der Waals surface area contributed by atoms with Gasteiger partial charge in [0.15, 0.2) is 5.17 Å². The highest BCUT2D eigenvalue weighted by Crippen LogP contribution is 2.17. The van der Waals surface area contributed by atoms with Gasteiger partial charge in [-0.05, 0) is 29.1 Å². The highest BCUT2D eigenvalue weighted by Gasteiger charge is 2.13. The van der Waals surface area contributed by atoms with E-state index in [-0.39, 0.29) is 11.8 Å². The molecule has 2 N–H and O–H groups in total. The van der Waals surface area contributed by atoms with E-state index in [9.17, 15) is 4.79 Å². The molecule has 0 unspecified atom stereocenters. The second kappa shape index (κ2) is 9.00. The summed E-state index contributed by atoms with van der Waals surface area (Å²) in [5.74, 6) is 0.770. The minimum absolute atomic E-state index is 0.0216. The summed E-state index contributed by atoms with van der Waals surface area (Å²) in [6, 6.07) is 12.0. The molecule has 0 saturated carbocycles. The number of thioether (sulfide) groups is 1. The van der Waals surface area contributed by atoms with Crippen LogP contribution < -0.4 is 10.7 Å². The Hall–Kier alpha value is -2.12. The van der Waals surface area contributed by atoms with Gasteiger partial charge in [0.05, 0.1) is 5.71 Å². The monoisotopic (exact) mass is 386 g/mol. The molecule has 2 heterocycles. The molecule has 0 aliphatic carbocycles. The number of carbonyl (C=O) groups is 1. The summed E-state index contributed by atoms with van der Waals surface area (Å²) in [6.45, 7) is 4.52. The number of hydrogen-bond donors (Lipinski definition) is 2. The minimum atomic E-state index is -0.0319.